The van der Waals surface area contributed by atoms with Crippen molar-refractivity contribution in [2.75, 3.05) is 13.2 Å². The summed E-state index contributed by atoms with van der Waals surface area (Å²) in [7, 11) is 0. The van der Waals surface area contributed by atoms with E-state index in [1.807, 2.05) is 10.7 Å². The van der Waals surface area contributed by atoms with Gasteiger partial charge in [0.15, 0.2) is 5.82 Å². The fraction of sp³-hybridized carbons (Fsp3) is 0.533. The topological polar surface area (TPSA) is 67.1 Å². The van der Waals surface area contributed by atoms with Gasteiger partial charge in [0.25, 0.3) is 0 Å². The lowest BCUT2D eigenvalue weighted by atomic mass is 9.93. The zero-order chi connectivity index (χ0) is 14.2. The number of hydrogen-bond donors (Lipinski definition) is 1. The second-order valence-corrected chi connectivity index (χ2v) is 5.89. The Morgan fingerprint density at radius 1 is 1.24 bits per heavy atom. The van der Waals surface area contributed by atoms with Crippen LogP contribution in [0.2, 0.25) is 0 Å². The highest BCUT2D eigenvalue weighted by molar-refractivity contribution is 5.32. The largest absolute Gasteiger partial charge is 0.394 e. The molecule has 21 heavy (non-hydrogen) atoms. The number of hydrogen-bond acceptors (Lipinski definition) is 5. The van der Waals surface area contributed by atoms with E-state index in [1.165, 1.54) is 24.0 Å². The smallest absolute Gasteiger partial charge is 0.165 e. The third kappa shape index (κ3) is 2.34. The quantitative estimate of drug-likeness (QED) is 0.911. The van der Waals surface area contributed by atoms with Crippen molar-refractivity contribution in [3.05, 3.63) is 41.2 Å². The zero-order valence-corrected chi connectivity index (χ0v) is 11.9. The van der Waals surface area contributed by atoms with Crippen molar-refractivity contribution in [1.29, 1.82) is 0 Å². The van der Waals surface area contributed by atoms with Crippen LogP contribution in [0, 0.1) is 0 Å². The lowest BCUT2D eigenvalue weighted by Gasteiger charge is -2.35. The van der Waals surface area contributed by atoms with E-state index in [0.717, 1.165) is 18.8 Å². The highest BCUT2D eigenvalue weighted by Gasteiger charge is 2.31. The summed E-state index contributed by atoms with van der Waals surface area (Å²) in [6.07, 6.45) is 3.35. The molecule has 1 unspecified atom stereocenters. The van der Waals surface area contributed by atoms with Gasteiger partial charge in [-0.25, -0.2) is 4.68 Å². The Bertz CT molecular complexity index is 636. The molecule has 1 aromatic heterocycles. The van der Waals surface area contributed by atoms with Gasteiger partial charge in [-0.2, -0.15) is 0 Å². The maximum Gasteiger partial charge on any atom is 0.165 e. The Morgan fingerprint density at radius 2 is 2.10 bits per heavy atom. The SMILES string of the molecule is OCC1c2ccccc2CCN1Cc1nnnn1C1CC1. The summed E-state index contributed by atoms with van der Waals surface area (Å²) in [6.45, 7) is 1.75. The summed E-state index contributed by atoms with van der Waals surface area (Å²) in [5.74, 6) is 0.912. The number of tetrazole rings is 1. The predicted octanol–water partition coefficient (Wildman–Crippen LogP) is 1.10. The average molecular weight is 285 g/mol. The standard InChI is InChI=1S/C15H19N5O/c21-10-14-13-4-2-1-3-11(13)7-8-19(14)9-15-16-17-18-20(15)12-5-6-12/h1-4,12,14,21H,5-10H2. The van der Waals surface area contributed by atoms with Crippen LogP contribution in [0.1, 0.15) is 41.9 Å². The zero-order valence-electron chi connectivity index (χ0n) is 11.9. The van der Waals surface area contributed by atoms with Crippen LogP contribution in [0.15, 0.2) is 24.3 Å². The van der Waals surface area contributed by atoms with E-state index < -0.39 is 0 Å². The van der Waals surface area contributed by atoms with Gasteiger partial charge < -0.3 is 5.11 Å². The van der Waals surface area contributed by atoms with Crippen molar-refractivity contribution in [2.45, 2.75) is 37.9 Å². The average Bonchev–Trinajstić information content (AvgIpc) is 3.27. The highest BCUT2D eigenvalue weighted by atomic mass is 16.3. The van der Waals surface area contributed by atoms with Gasteiger partial charge in [0.1, 0.15) is 0 Å². The normalized spacial score (nSPS) is 22.2. The molecule has 4 rings (SSSR count). The summed E-state index contributed by atoms with van der Waals surface area (Å²) in [6, 6.07) is 8.91. The first kappa shape index (κ1) is 12.9. The van der Waals surface area contributed by atoms with Gasteiger partial charge in [-0.1, -0.05) is 24.3 Å². The lowest BCUT2D eigenvalue weighted by Crippen LogP contribution is -2.37. The van der Waals surface area contributed by atoms with Gasteiger partial charge >= 0.3 is 0 Å². The molecule has 1 saturated carbocycles. The number of aromatic nitrogens is 4. The molecule has 2 aliphatic rings. The molecular weight excluding hydrogens is 266 g/mol. The van der Waals surface area contributed by atoms with Crippen LogP contribution in [-0.4, -0.2) is 43.4 Å². The minimum Gasteiger partial charge on any atom is -0.394 e. The molecule has 0 radical (unpaired) electrons. The van der Waals surface area contributed by atoms with Crippen LogP contribution in [0.5, 0.6) is 0 Å². The van der Waals surface area contributed by atoms with Gasteiger partial charge in [0, 0.05) is 6.54 Å². The van der Waals surface area contributed by atoms with Crippen molar-refractivity contribution < 1.29 is 5.11 Å². The van der Waals surface area contributed by atoms with Gasteiger partial charge in [-0.3, -0.25) is 4.90 Å². The lowest BCUT2D eigenvalue weighted by molar-refractivity contribution is 0.104. The van der Waals surface area contributed by atoms with Gasteiger partial charge in [0.05, 0.1) is 25.2 Å². The van der Waals surface area contributed by atoms with Crippen molar-refractivity contribution in [2.24, 2.45) is 0 Å². The van der Waals surface area contributed by atoms with E-state index in [0.29, 0.717) is 12.6 Å². The van der Waals surface area contributed by atoms with E-state index in [1.54, 1.807) is 0 Å². The predicted molar refractivity (Wildman–Crippen MR) is 76.5 cm³/mol. The third-order valence-electron chi connectivity index (χ3n) is 4.49. The molecule has 0 saturated heterocycles. The molecule has 2 heterocycles. The van der Waals surface area contributed by atoms with Crippen LogP contribution in [0.3, 0.4) is 0 Å². The van der Waals surface area contributed by atoms with Crippen molar-refractivity contribution in [1.82, 2.24) is 25.1 Å². The number of nitrogens with zero attached hydrogens (tertiary/aromatic N) is 5. The number of aliphatic hydroxyl groups excluding tert-OH is 1. The molecule has 2 aromatic rings. The van der Waals surface area contributed by atoms with E-state index in [4.69, 9.17) is 0 Å². The van der Waals surface area contributed by atoms with E-state index >= 15 is 0 Å². The molecule has 1 fully saturated rings. The van der Waals surface area contributed by atoms with E-state index in [9.17, 15) is 5.11 Å². The fourth-order valence-electron chi connectivity index (χ4n) is 3.21. The molecule has 1 atom stereocenters. The highest BCUT2D eigenvalue weighted by Crippen LogP contribution is 2.35. The van der Waals surface area contributed by atoms with Crippen molar-refractivity contribution in [3.63, 3.8) is 0 Å². The molecule has 1 N–H and O–H groups in total. The molecule has 6 nitrogen and oxygen atoms in total. The minimum absolute atomic E-state index is 0.0410. The molecule has 1 aliphatic carbocycles. The van der Waals surface area contributed by atoms with Gasteiger partial charge in [-0.15, -0.1) is 5.10 Å². The number of benzene rings is 1. The van der Waals surface area contributed by atoms with Crippen LogP contribution in [0.4, 0.5) is 0 Å². The maximum absolute atomic E-state index is 9.83. The van der Waals surface area contributed by atoms with E-state index in [-0.39, 0.29) is 12.6 Å². The molecule has 1 aliphatic heterocycles. The Morgan fingerprint density at radius 3 is 2.90 bits per heavy atom. The maximum atomic E-state index is 9.83. The number of rotatable bonds is 4. The molecule has 1 aromatic carbocycles. The van der Waals surface area contributed by atoms with E-state index in [2.05, 4.69) is 38.6 Å². The van der Waals surface area contributed by atoms with Crippen molar-refractivity contribution >= 4 is 0 Å². The molecule has 0 amide bonds. The molecule has 110 valence electrons. The van der Waals surface area contributed by atoms with Gasteiger partial charge in [-0.05, 0) is 40.8 Å². The van der Waals surface area contributed by atoms with Gasteiger partial charge in [0.2, 0.25) is 0 Å². The Labute approximate surface area is 123 Å². The first-order valence-corrected chi connectivity index (χ1v) is 7.56. The summed E-state index contributed by atoms with van der Waals surface area (Å²) >= 11 is 0. The minimum atomic E-state index is 0.0410. The Hall–Kier alpha value is -1.79. The molecule has 0 bridgehead atoms. The second kappa shape index (κ2) is 5.20. The summed E-state index contributed by atoms with van der Waals surface area (Å²) in [5, 5.41) is 21.9. The summed E-state index contributed by atoms with van der Waals surface area (Å²) in [5.41, 5.74) is 2.58. The third-order valence-corrected chi connectivity index (χ3v) is 4.49. The summed E-state index contributed by atoms with van der Waals surface area (Å²) in [4.78, 5) is 2.28. The second-order valence-electron chi connectivity index (χ2n) is 5.89. The summed E-state index contributed by atoms with van der Waals surface area (Å²) < 4.78 is 1.95. The Kier molecular flexibility index (Phi) is 3.20. The van der Waals surface area contributed by atoms with Crippen LogP contribution in [0.25, 0.3) is 0 Å². The van der Waals surface area contributed by atoms with Crippen LogP contribution < -0.4 is 0 Å². The number of fused-ring (bicyclic) bond motifs is 1. The first-order chi connectivity index (χ1) is 10.4. The molecule has 0 spiro atoms. The molecular formula is C15H19N5O. The Balaban J connectivity index is 1.59. The van der Waals surface area contributed by atoms with Crippen LogP contribution >= 0.6 is 0 Å². The van der Waals surface area contributed by atoms with Crippen molar-refractivity contribution in [3.8, 4) is 0 Å². The first-order valence-electron chi connectivity index (χ1n) is 7.56. The fourth-order valence-corrected chi connectivity index (χ4v) is 3.21. The monoisotopic (exact) mass is 285 g/mol. The molecule has 6 heteroatoms. The number of aliphatic hydroxyl groups is 1. The van der Waals surface area contributed by atoms with Crippen LogP contribution in [-0.2, 0) is 13.0 Å².